The van der Waals surface area contributed by atoms with E-state index in [1.165, 1.54) is 47.4 Å². The third-order valence-corrected chi connectivity index (χ3v) is 5.22. The summed E-state index contributed by atoms with van der Waals surface area (Å²) < 4.78 is 4.46. The van der Waals surface area contributed by atoms with Crippen LogP contribution in [0, 0.1) is 0 Å². The summed E-state index contributed by atoms with van der Waals surface area (Å²) in [6, 6.07) is 11.2. The monoisotopic (exact) mass is 312 g/mol. The second kappa shape index (κ2) is 5.72. The molecule has 114 valence electrons. The molecule has 1 saturated heterocycles. The molecule has 1 fully saturated rings. The first-order chi connectivity index (χ1) is 10.8. The average molecular weight is 312 g/mol. The Morgan fingerprint density at radius 1 is 1.32 bits per heavy atom. The summed E-state index contributed by atoms with van der Waals surface area (Å²) in [6.07, 6.45) is 4.59. The van der Waals surface area contributed by atoms with Gasteiger partial charge in [-0.2, -0.15) is 4.37 Å². The molecule has 0 amide bonds. The average Bonchev–Trinajstić information content (AvgIpc) is 3.21. The number of rotatable bonds is 3. The van der Waals surface area contributed by atoms with Gasteiger partial charge in [0.1, 0.15) is 5.82 Å². The Morgan fingerprint density at radius 3 is 3.05 bits per heavy atom. The summed E-state index contributed by atoms with van der Waals surface area (Å²) in [6.45, 7) is 3.18. The number of fused-ring (bicyclic) bond motifs is 1. The normalized spacial score (nSPS) is 19.0. The summed E-state index contributed by atoms with van der Waals surface area (Å²) in [4.78, 5) is 10.7. The maximum atomic E-state index is 4.70. The van der Waals surface area contributed by atoms with E-state index in [0.717, 1.165) is 23.9 Å². The Kier molecular flexibility index (Phi) is 3.58. The molecule has 1 aromatic carbocycles. The number of para-hydroxylation sites is 1. The Bertz CT molecular complexity index is 743. The van der Waals surface area contributed by atoms with E-state index >= 15 is 0 Å². The van der Waals surface area contributed by atoms with E-state index in [0.29, 0.717) is 6.04 Å². The minimum atomic E-state index is 0.388. The molecule has 4 nitrogen and oxygen atoms in total. The Hall–Kier alpha value is -1.88. The number of hydrogen-bond acceptors (Lipinski definition) is 4. The highest BCUT2D eigenvalue weighted by Gasteiger charge is 2.27. The van der Waals surface area contributed by atoms with Crippen molar-refractivity contribution in [3.05, 3.63) is 41.9 Å². The molecule has 0 spiro atoms. The Labute approximate surface area is 134 Å². The highest BCUT2D eigenvalue weighted by molar-refractivity contribution is 7.09. The van der Waals surface area contributed by atoms with Crippen LogP contribution in [0.25, 0.3) is 10.9 Å². The summed E-state index contributed by atoms with van der Waals surface area (Å²) in [5.74, 6) is 0.959. The zero-order chi connectivity index (χ0) is 14.9. The second-order valence-electron chi connectivity index (χ2n) is 5.86. The second-order valence-corrected chi connectivity index (χ2v) is 6.59. The Balaban J connectivity index is 1.70. The van der Waals surface area contributed by atoms with Gasteiger partial charge in [-0.05, 0) is 36.8 Å². The first kappa shape index (κ1) is 13.8. The number of benzene rings is 1. The van der Waals surface area contributed by atoms with E-state index in [1.807, 2.05) is 0 Å². The lowest BCUT2D eigenvalue weighted by molar-refractivity contribution is 0.466. The van der Waals surface area contributed by atoms with Gasteiger partial charge in [-0.25, -0.2) is 4.98 Å². The number of aromatic nitrogens is 3. The molecule has 0 saturated carbocycles. The fourth-order valence-electron chi connectivity index (χ4n) is 3.26. The molecular weight excluding hydrogens is 292 g/mol. The number of nitrogens with zero attached hydrogens (tertiary/aromatic N) is 3. The Morgan fingerprint density at radius 2 is 2.23 bits per heavy atom. The van der Waals surface area contributed by atoms with Crippen molar-refractivity contribution in [3.8, 4) is 0 Å². The van der Waals surface area contributed by atoms with Crippen molar-refractivity contribution in [2.75, 3.05) is 11.4 Å². The van der Waals surface area contributed by atoms with E-state index in [2.05, 4.69) is 51.5 Å². The van der Waals surface area contributed by atoms with Gasteiger partial charge in [-0.15, -0.1) is 0 Å². The minimum absolute atomic E-state index is 0.388. The molecule has 1 N–H and O–H groups in total. The van der Waals surface area contributed by atoms with E-state index in [1.54, 1.807) is 0 Å². The quantitative estimate of drug-likeness (QED) is 0.783. The predicted molar refractivity (Wildman–Crippen MR) is 91.5 cm³/mol. The van der Waals surface area contributed by atoms with Crippen molar-refractivity contribution in [2.24, 2.45) is 0 Å². The van der Waals surface area contributed by atoms with Crippen molar-refractivity contribution >= 4 is 27.6 Å². The standard InChI is InChI=1S/C17H20N4S/c1-2-16-19-17(22-20-16)21-10-6-5-9-15(21)14-11-12-7-3-4-8-13(12)18-14/h3-4,7-8,11,15,18H,2,5-6,9-10H2,1H3. The fourth-order valence-corrected chi connectivity index (χ4v) is 4.09. The van der Waals surface area contributed by atoms with Crippen LogP contribution in [0.15, 0.2) is 30.3 Å². The van der Waals surface area contributed by atoms with Crippen LogP contribution in [0.1, 0.15) is 43.7 Å². The molecule has 4 rings (SSSR count). The van der Waals surface area contributed by atoms with Gasteiger partial charge in [0, 0.05) is 35.7 Å². The zero-order valence-corrected chi connectivity index (χ0v) is 13.6. The lowest BCUT2D eigenvalue weighted by Crippen LogP contribution is -2.33. The number of nitrogens with one attached hydrogen (secondary N) is 1. The van der Waals surface area contributed by atoms with Gasteiger partial charge in [0.05, 0.1) is 6.04 Å². The van der Waals surface area contributed by atoms with Crippen LogP contribution in [0.2, 0.25) is 0 Å². The number of anilines is 1. The topological polar surface area (TPSA) is 44.8 Å². The summed E-state index contributed by atoms with van der Waals surface area (Å²) in [5.41, 5.74) is 2.52. The number of aryl methyl sites for hydroxylation is 1. The molecule has 0 bridgehead atoms. The number of H-pyrrole nitrogens is 1. The van der Waals surface area contributed by atoms with Crippen LogP contribution >= 0.6 is 11.5 Å². The van der Waals surface area contributed by atoms with Crippen molar-refractivity contribution < 1.29 is 0 Å². The van der Waals surface area contributed by atoms with Gasteiger partial charge in [-0.1, -0.05) is 25.1 Å². The van der Waals surface area contributed by atoms with Gasteiger partial charge in [0.2, 0.25) is 5.13 Å². The van der Waals surface area contributed by atoms with Crippen LogP contribution in [-0.2, 0) is 6.42 Å². The third kappa shape index (κ3) is 2.39. The number of hydrogen-bond donors (Lipinski definition) is 1. The van der Waals surface area contributed by atoms with Crippen molar-refractivity contribution in [1.82, 2.24) is 14.3 Å². The summed E-state index contributed by atoms with van der Waals surface area (Å²) >= 11 is 1.54. The molecule has 0 radical (unpaired) electrons. The first-order valence-corrected chi connectivity index (χ1v) is 8.79. The fraction of sp³-hybridized carbons (Fsp3) is 0.412. The molecular formula is C17H20N4S. The molecule has 1 atom stereocenters. The van der Waals surface area contributed by atoms with E-state index in [9.17, 15) is 0 Å². The highest BCUT2D eigenvalue weighted by Crippen LogP contribution is 2.36. The highest BCUT2D eigenvalue weighted by atomic mass is 32.1. The van der Waals surface area contributed by atoms with Crippen molar-refractivity contribution in [1.29, 1.82) is 0 Å². The van der Waals surface area contributed by atoms with Crippen LogP contribution in [-0.4, -0.2) is 20.9 Å². The van der Waals surface area contributed by atoms with E-state index < -0.39 is 0 Å². The molecule has 1 aliphatic rings. The van der Waals surface area contributed by atoms with Gasteiger partial charge in [-0.3, -0.25) is 0 Å². The van der Waals surface area contributed by atoms with Gasteiger partial charge < -0.3 is 9.88 Å². The van der Waals surface area contributed by atoms with Gasteiger partial charge in [0.15, 0.2) is 0 Å². The number of aromatic amines is 1. The lowest BCUT2D eigenvalue weighted by atomic mass is 10.00. The first-order valence-electron chi connectivity index (χ1n) is 8.02. The molecule has 2 aromatic heterocycles. The van der Waals surface area contributed by atoms with Crippen molar-refractivity contribution in [2.45, 2.75) is 38.6 Å². The molecule has 0 aliphatic carbocycles. The smallest absolute Gasteiger partial charge is 0.205 e. The van der Waals surface area contributed by atoms with Crippen LogP contribution in [0.3, 0.4) is 0 Å². The maximum Gasteiger partial charge on any atom is 0.205 e. The zero-order valence-electron chi connectivity index (χ0n) is 12.7. The van der Waals surface area contributed by atoms with Crippen LogP contribution in [0.4, 0.5) is 5.13 Å². The van der Waals surface area contributed by atoms with Crippen LogP contribution in [0.5, 0.6) is 0 Å². The van der Waals surface area contributed by atoms with Gasteiger partial charge >= 0.3 is 0 Å². The molecule has 3 heterocycles. The molecule has 5 heteroatoms. The lowest BCUT2D eigenvalue weighted by Gasteiger charge is -2.34. The minimum Gasteiger partial charge on any atom is -0.357 e. The van der Waals surface area contributed by atoms with E-state index in [-0.39, 0.29) is 0 Å². The maximum absolute atomic E-state index is 4.70. The predicted octanol–water partition coefficient (Wildman–Crippen LogP) is 4.31. The third-order valence-electron chi connectivity index (χ3n) is 4.43. The molecule has 1 unspecified atom stereocenters. The van der Waals surface area contributed by atoms with Crippen molar-refractivity contribution in [3.63, 3.8) is 0 Å². The van der Waals surface area contributed by atoms with E-state index in [4.69, 9.17) is 4.98 Å². The largest absolute Gasteiger partial charge is 0.357 e. The number of piperidine rings is 1. The van der Waals surface area contributed by atoms with Gasteiger partial charge in [0.25, 0.3) is 0 Å². The summed E-state index contributed by atoms with van der Waals surface area (Å²) in [7, 11) is 0. The van der Waals surface area contributed by atoms with Crippen LogP contribution < -0.4 is 4.90 Å². The molecule has 3 aromatic rings. The SMILES string of the molecule is CCc1nsc(N2CCCCC2c2cc3ccccc3[nH]2)n1. The summed E-state index contributed by atoms with van der Waals surface area (Å²) in [5, 5.41) is 2.36. The molecule has 1 aliphatic heterocycles. The molecule has 22 heavy (non-hydrogen) atoms.